The first-order valence-electron chi connectivity index (χ1n) is 10.4. The highest BCUT2D eigenvalue weighted by Crippen LogP contribution is 2.33. The number of likely N-dealkylation sites (N-methyl/N-ethyl adjacent to an activating group) is 1. The Labute approximate surface area is 166 Å². The van der Waals surface area contributed by atoms with Crippen molar-refractivity contribution in [2.75, 3.05) is 46.3 Å². The summed E-state index contributed by atoms with van der Waals surface area (Å²) in [7, 11) is 2.11. The molecule has 0 saturated carbocycles. The molecule has 1 aromatic heterocycles. The van der Waals surface area contributed by atoms with E-state index in [-0.39, 0.29) is 11.8 Å². The normalized spacial score (nSPS) is 24.7. The molecule has 1 unspecified atom stereocenters. The summed E-state index contributed by atoms with van der Waals surface area (Å²) in [6.07, 6.45) is 5.08. The Hall–Kier alpha value is -1.40. The largest absolute Gasteiger partial charge is 0.340 e. The van der Waals surface area contributed by atoms with Gasteiger partial charge >= 0.3 is 0 Å². The van der Waals surface area contributed by atoms with E-state index < -0.39 is 0 Å². The van der Waals surface area contributed by atoms with Crippen LogP contribution in [-0.4, -0.2) is 72.8 Å². The topological polar surface area (TPSA) is 43.9 Å². The molecule has 4 rings (SSSR count). The second-order valence-electron chi connectivity index (χ2n) is 8.60. The summed E-state index contributed by atoms with van der Waals surface area (Å²) in [4.78, 5) is 34.3. The predicted octanol–water partition coefficient (Wildman–Crippen LogP) is 2.50. The number of piperazine rings is 1. The molecule has 1 aliphatic carbocycles. The highest BCUT2D eigenvalue weighted by atomic mass is 32.1. The van der Waals surface area contributed by atoms with Gasteiger partial charge < -0.3 is 14.7 Å². The molecule has 2 saturated heterocycles. The number of carbonyl (C=O) groups excluding carboxylic acids is 2. The molecule has 6 heteroatoms. The minimum atomic E-state index is 0.0925. The lowest BCUT2D eigenvalue weighted by Gasteiger charge is -2.37. The van der Waals surface area contributed by atoms with Gasteiger partial charge in [0, 0.05) is 50.1 Å². The van der Waals surface area contributed by atoms with Crippen LogP contribution in [0.5, 0.6) is 0 Å². The summed E-state index contributed by atoms with van der Waals surface area (Å²) in [5.74, 6) is 1.30. The number of nitrogens with zero attached hydrogens (tertiary/aromatic N) is 3. The number of carbonyl (C=O) groups is 2. The number of fused-ring (bicyclic) bond motifs is 1. The van der Waals surface area contributed by atoms with Crippen LogP contribution >= 0.6 is 11.3 Å². The second kappa shape index (κ2) is 7.92. The van der Waals surface area contributed by atoms with Crippen molar-refractivity contribution in [2.45, 2.75) is 39.0 Å². The van der Waals surface area contributed by atoms with Gasteiger partial charge in [0.25, 0.3) is 5.91 Å². The van der Waals surface area contributed by atoms with E-state index in [1.54, 1.807) is 11.3 Å². The Morgan fingerprint density at radius 1 is 1.00 bits per heavy atom. The molecule has 2 amide bonds. The fourth-order valence-corrected chi connectivity index (χ4v) is 5.76. The van der Waals surface area contributed by atoms with Crippen LogP contribution in [0.3, 0.4) is 0 Å². The standard InChI is InChI=1S/C21H31N3O2S/c1-15-3-4-18-17(13-15)14-19(27-18)21(26)23-7-5-16(6-8-23)20(25)24-11-9-22(2)10-12-24/h14-16H,3-13H2,1-2H3. The molecule has 2 fully saturated rings. The quantitative estimate of drug-likeness (QED) is 0.781. The van der Waals surface area contributed by atoms with E-state index >= 15 is 0 Å². The van der Waals surface area contributed by atoms with Crippen molar-refractivity contribution >= 4 is 23.2 Å². The van der Waals surface area contributed by atoms with Crippen molar-refractivity contribution in [3.05, 3.63) is 21.4 Å². The lowest BCUT2D eigenvalue weighted by Crippen LogP contribution is -2.50. The SMILES string of the molecule is CC1CCc2sc(C(=O)N3CCC(C(=O)N4CCN(C)CC4)CC3)cc2C1. The highest BCUT2D eigenvalue weighted by molar-refractivity contribution is 7.14. The zero-order valence-electron chi connectivity index (χ0n) is 16.6. The molecule has 0 radical (unpaired) electrons. The van der Waals surface area contributed by atoms with Gasteiger partial charge in [-0.05, 0) is 56.7 Å². The Bertz CT molecular complexity index is 700. The maximum atomic E-state index is 12.9. The fraction of sp³-hybridized carbons (Fsp3) is 0.714. The third kappa shape index (κ3) is 4.06. The number of thiophene rings is 1. The molecule has 2 aliphatic heterocycles. The summed E-state index contributed by atoms with van der Waals surface area (Å²) < 4.78 is 0. The smallest absolute Gasteiger partial charge is 0.263 e. The van der Waals surface area contributed by atoms with Gasteiger partial charge in [-0.25, -0.2) is 0 Å². The number of likely N-dealkylation sites (tertiary alicyclic amines) is 1. The van der Waals surface area contributed by atoms with Crippen LogP contribution in [0.25, 0.3) is 0 Å². The summed E-state index contributed by atoms with van der Waals surface area (Å²) in [5, 5.41) is 0. The molecule has 1 aromatic rings. The van der Waals surface area contributed by atoms with Gasteiger partial charge in [-0.15, -0.1) is 11.3 Å². The first-order valence-corrected chi connectivity index (χ1v) is 11.2. The van der Waals surface area contributed by atoms with Crippen LogP contribution in [0, 0.1) is 11.8 Å². The number of rotatable bonds is 2. The van der Waals surface area contributed by atoms with Crippen molar-refractivity contribution in [2.24, 2.45) is 11.8 Å². The van der Waals surface area contributed by atoms with Gasteiger partial charge in [-0.3, -0.25) is 9.59 Å². The minimum Gasteiger partial charge on any atom is -0.340 e. The molecule has 1 atom stereocenters. The van der Waals surface area contributed by atoms with E-state index in [0.717, 1.165) is 62.7 Å². The molecular formula is C21H31N3O2S. The zero-order chi connectivity index (χ0) is 19.0. The molecule has 5 nitrogen and oxygen atoms in total. The third-order valence-electron chi connectivity index (χ3n) is 6.49. The second-order valence-corrected chi connectivity index (χ2v) is 9.74. The molecule has 3 aliphatic rings. The van der Waals surface area contributed by atoms with Crippen molar-refractivity contribution in [3.63, 3.8) is 0 Å². The maximum Gasteiger partial charge on any atom is 0.263 e. The van der Waals surface area contributed by atoms with E-state index in [1.807, 2.05) is 9.80 Å². The van der Waals surface area contributed by atoms with Crippen molar-refractivity contribution in [1.82, 2.24) is 14.7 Å². The number of piperidine rings is 1. The Morgan fingerprint density at radius 2 is 1.70 bits per heavy atom. The average molecular weight is 390 g/mol. The van der Waals surface area contributed by atoms with Gasteiger partial charge in [-0.1, -0.05) is 6.92 Å². The van der Waals surface area contributed by atoms with Gasteiger partial charge in [0.2, 0.25) is 5.91 Å². The van der Waals surface area contributed by atoms with Crippen LogP contribution in [0.4, 0.5) is 0 Å². The van der Waals surface area contributed by atoms with Crippen LogP contribution in [0.1, 0.15) is 46.3 Å². The van der Waals surface area contributed by atoms with Gasteiger partial charge in [0.15, 0.2) is 0 Å². The van der Waals surface area contributed by atoms with Crippen molar-refractivity contribution in [1.29, 1.82) is 0 Å². The van der Waals surface area contributed by atoms with Crippen LogP contribution in [0.2, 0.25) is 0 Å². The van der Waals surface area contributed by atoms with Crippen LogP contribution < -0.4 is 0 Å². The number of hydrogen-bond donors (Lipinski definition) is 0. The molecule has 0 N–H and O–H groups in total. The zero-order valence-corrected chi connectivity index (χ0v) is 17.4. The number of hydrogen-bond acceptors (Lipinski definition) is 4. The molecule has 27 heavy (non-hydrogen) atoms. The van der Waals surface area contributed by atoms with Gasteiger partial charge in [0.05, 0.1) is 4.88 Å². The summed E-state index contributed by atoms with van der Waals surface area (Å²) >= 11 is 1.70. The minimum absolute atomic E-state index is 0.0925. The maximum absolute atomic E-state index is 12.9. The monoisotopic (exact) mass is 389 g/mol. The van der Waals surface area contributed by atoms with E-state index in [2.05, 4.69) is 24.9 Å². The number of aryl methyl sites for hydroxylation is 1. The van der Waals surface area contributed by atoms with Crippen LogP contribution in [0.15, 0.2) is 6.07 Å². The van der Waals surface area contributed by atoms with Crippen molar-refractivity contribution < 1.29 is 9.59 Å². The van der Waals surface area contributed by atoms with Crippen LogP contribution in [-0.2, 0) is 17.6 Å². The predicted molar refractivity (Wildman–Crippen MR) is 108 cm³/mol. The Morgan fingerprint density at radius 3 is 2.41 bits per heavy atom. The summed E-state index contributed by atoms with van der Waals surface area (Å²) in [6.45, 7) is 7.32. The fourth-order valence-electron chi connectivity index (χ4n) is 4.58. The summed E-state index contributed by atoms with van der Waals surface area (Å²) in [5.41, 5.74) is 1.39. The Kier molecular flexibility index (Phi) is 5.55. The number of amides is 2. The van der Waals surface area contributed by atoms with Gasteiger partial charge in [-0.2, -0.15) is 0 Å². The first-order chi connectivity index (χ1) is 13.0. The molecule has 3 heterocycles. The van der Waals surface area contributed by atoms with Crippen molar-refractivity contribution in [3.8, 4) is 0 Å². The lowest BCUT2D eigenvalue weighted by molar-refractivity contribution is -0.138. The van der Waals surface area contributed by atoms with E-state index in [9.17, 15) is 9.59 Å². The molecule has 0 spiro atoms. The molecule has 0 aromatic carbocycles. The first kappa shape index (κ1) is 18.9. The van der Waals surface area contributed by atoms with E-state index in [0.29, 0.717) is 19.0 Å². The summed E-state index contributed by atoms with van der Waals surface area (Å²) in [6, 6.07) is 2.14. The average Bonchev–Trinajstić information content (AvgIpc) is 3.11. The molecule has 0 bridgehead atoms. The molecule has 148 valence electrons. The van der Waals surface area contributed by atoms with E-state index in [1.165, 1.54) is 16.9 Å². The highest BCUT2D eigenvalue weighted by Gasteiger charge is 2.32. The third-order valence-corrected chi connectivity index (χ3v) is 7.71. The van der Waals surface area contributed by atoms with Gasteiger partial charge in [0.1, 0.15) is 0 Å². The molecular weight excluding hydrogens is 358 g/mol. The lowest BCUT2D eigenvalue weighted by atomic mass is 9.90. The van der Waals surface area contributed by atoms with E-state index in [4.69, 9.17) is 0 Å². The Balaban J connectivity index is 1.32.